The van der Waals surface area contributed by atoms with Crippen molar-refractivity contribution in [2.45, 2.75) is 35.9 Å². The molecule has 3 rings (SSSR count). The Morgan fingerprint density at radius 1 is 1.29 bits per heavy atom. The summed E-state index contributed by atoms with van der Waals surface area (Å²) >= 11 is 4.43. The number of halogens is 1. The number of hydrogen-bond acceptors (Lipinski definition) is 6. The average Bonchev–Trinajstić information content (AvgIpc) is 3.24. The van der Waals surface area contributed by atoms with Gasteiger partial charge in [0.15, 0.2) is 4.34 Å². The molecule has 9 heteroatoms. The van der Waals surface area contributed by atoms with Crippen LogP contribution < -0.4 is 0 Å². The van der Waals surface area contributed by atoms with E-state index in [9.17, 15) is 14.3 Å². The predicted molar refractivity (Wildman–Crippen MR) is 112 cm³/mol. The first kappa shape index (κ1) is 20.8. The zero-order valence-electron chi connectivity index (χ0n) is 15.7. The number of thiophene rings is 1. The van der Waals surface area contributed by atoms with E-state index in [0.717, 1.165) is 13.4 Å². The highest BCUT2D eigenvalue weighted by Crippen LogP contribution is 2.43. The van der Waals surface area contributed by atoms with Gasteiger partial charge in [-0.1, -0.05) is 20.8 Å². The van der Waals surface area contributed by atoms with E-state index in [2.05, 4.69) is 9.97 Å². The van der Waals surface area contributed by atoms with Gasteiger partial charge in [-0.2, -0.15) is 4.39 Å². The molecule has 0 spiro atoms. The van der Waals surface area contributed by atoms with Gasteiger partial charge in [-0.15, -0.1) is 22.7 Å². The van der Waals surface area contributed by atoms with Crippen molar-refractivity contribution in [3.63, 3.8) is 0 Å². The maximum Gasteiger partial charge on any atom is 0.407 e. The lowest BCUT2D eigenvalue weighted by molar-refractivity contribution is 0.123. The normalized spacial score (nSPS) is 11.6. The van der Waals surface area contributed by atoms with Crippen molar-refractivity contribution >= 4 is 40.5 Å². The number of carbonyl (C=O) groups is 1. The fraction of sp³-hybridized carbons (Fsp3) is 0.316. The molecule has 1 amide bonds. The Balaban J connectivity index is 1.96. The Labute approximate surface area is 175 Å². The van der Waals surface area contributed by atoms with Crippen LogP contribution in [0.1, 0.15) is 25.6 Å². The Morgan fingerprint density at radius 3 is 2.68 bits per heavy atom. The third-order valence-corrected chi connectivity index (χ3v) is 6.87. The summed E-state index contributed by atoms with van der Waals surface area (Å²) in [5.74, 6) is -0.544. The second-order valence-electron chi connectivity index (χ2n) is 7.35. The average molecular weight is 438 g/mol. The van der Waals surface area contributed by atoms with Crippen LogP contribution in [0.25, 0.3) is 11.1 Å². The van der Waals surface area contributed by atoms with E-state index in [4.69, 9.17) is 0 Å². The lowest BCUT2D eigenvalue weighted by atomic mass is 9.96. The summed E-state index contributed by atoms with van der Waals surface area (Å²) in [5, 5.41) is 11.5. The number of pyridine rings is 1. The number of thiazole rings is 1. The molecule has 148 valence electrons. The number of carboxylic acid groups (broad SMARTS) is 1. The molecule has 0 bridgehead atoms. The van der Waals surface area contributed by atoms with Crippen LogP contribution in [0.2, 0.25) is 0 Å². The number of amides is 1. The molecule has 0 atom stereocenters. The van der Waals surface area contributed by atoms with E-state index >= 15 is 0 Å². The van der Waals surface area contributed by atoms with Crippen LogP contribution in [0, 0.1) is 11.4 Å². The minimum atomic E-state index is -0.966. The highest BCUT2D eigenvalue weighted by Gasteiger charge is 2.23. The lowest BCUT2D eigenvalue weighted by Gasteiger charge is -2.27. The molecule has 0 aliphatic rings. The quantitative estimate of drug-likeness (QED) is 0.473. The van der Waals surface area contributed by atoms with Gasteiger partial charge >= 0.3 is 6.09 Å². The molecular formula is C19H20FN3O2S3. The summed E-state index contributed by atoms with van der Waals surface area (Å²) in [5.41, 5.74) is 0.959. The summed E-state index contributed by atoms with van der Waals surface area (Å²) in [7, 11) is 0. The van der Waals surface area contributed by atoms with Gasteiger partial charge < -0.3 is 10.0 Å². The molecule has 0 saturated carbocycles. The molecule has 28 heavy (non-hydrogen) atoms. The fourth-order valence-electron chi connectivity index (χ4n) is 2.64. The molecule has 0 aliphatic heterocycles. The second-order valence-corrected chi connectivity index (χ2v) is 10.9. The van der Waals surface area contributed by atoms with E-state index in [1.807, 2.05) is 32.2 Å². The Hall–Kier alpha value is -1.97. The van der Waals surface area contributed by atoms with Crippen LogP contribution in [-0.2, 0) is 6.54 Å². The van der Waals surface area contributed by atoms with E-state index in [0.29, 0.717) is 17.7 Å². The number of hydrogen-bond donors (Lipinski definition) is 1. The standard InChI is InChI=1S/C19H20FN3O2S3/c1-19(2,3)11-23(18(24)25)10-12-9-14(13-5-4-6-21-15(13)20)16(27-12)28-17-22-7-8-26-17/h4-9H,10-11H2,1-3H3,(H,24,25). The van der Waals surface area contributed by atoms with Crippen molar-refractivity contribution in [2.75, 3.05) is 6.54 Å². The number of nitrogens with zero attached hydrogens (tertiary/aromatic N) is 3. The van der Waals surface area contributed by atoms with Crippen molar-refractivity contribution in [3.8, 4) is 11.1 Å². The third-order valence-electron chi connectivity index (χ3n) is 3.67. The molecule has 1 N–H and O–H groups in total. The van der Waals surface area contributed by atoms with Gasteiger partial charge in [0.2, 0.25) is 5.95 Å². The maximum absolute atomic E-state index is 14.3. The Morgan fingerprint density at radius 2 is 2.07 bits per heavy atom. The fourth-order valence-corrected chi connectivity index (χ4v) is 5.96. The van der Waals surface area contributed by atoms with Gasteiger partial charge in [0.05, 0.1) is 10.8 Å². The summed E-state index contributed by atoms with van der Waals surface area (Å²) in [6.07, 6.45) is 2.17. The van der Waals surface area contributed by atoms with E-state index < -0.39 is 12.0 Å². The summed E-state index contributed by atoms with van der Waals surface area (Å²) in [6.45, 7) is 6.66. The molecular weight excluding hydrogens is 417 g/mol. The van der Waals surface area contributed by atoms with E-state index in [1.54, 1.807) is 18.3 Å². The van der Waals surface area contributed by atoms with Crippen molar-refractivity contribution in [1.82, 2.24) is 14.9 Å². The molecule has 0 aromatic carbocycles. The largest absolute Gasteiger partial charge is 0.465 e. The third kappa shape index (κ3) is 5.30. The SMILES string of the molecule is CC(C)(C)CN(Cc1cc(-c2cccnc2F)c(Sc2nccs2)s1)C(=O)O. The van der Waals surface area contributed by atoms with E-state index in [-0.39, 0.29) is 12.0 Å². The van der Waals surface area contributed by atoms with Crippen LogP contribution in [0.15, 0.2) is 44.5 Å². The minimum absolute atomic E-state index is 0.160. The van der Waals surface area contributed by atoms with E-state index in [1.165, 1.54) is 45.5 Å². The topological polar surface area (TPSA) is 66.3 Å². The monoisotopic (exact) mass is 437 g/mol. The molecule has 0 unspecified atom stereocenters. The van der Waals surface area contributed by atoms with Crippen molar-refractivity contribution < 1.29 is 14.3 Å². The van der Waals surface area contributed by atoms with Gasteiger partial charge in [0, 0.05) is 40.3 Å². The number of aromatic nitrogens is 2. The van der Waals surface area contributed by atoms with Gasteiger partial charge in [-0.05, 0) is 35.4 Å². The number of rotatable bonds is 6. The first-order valence-electron chi connectivity index (χ1n) is 8.52. The molecule has 5 nitrogen and oxygen atoms in total. The van der Waals surface area contributed by atoms with Crippen LogP contribution in [0.3, 0.4) is 0 Å². The minimum Gasteiger partial charge on any atom is -0.465 e. The zero-order chi connectivity index (χ0) is 20.3. The zero-order valence-corrected chi connectivity index (χ0v) is 18.1. The smallest absolute Gasteiger partial charge is 0.407 e. The van der Waals surface area contributed by atoms with Crippen LogP contribution in [0.5, 0.6) is 0 Å². The Bertz CT molecular complexity index is 952. The van der Waals surface area contributed by atoms with Gasteiger partial charge in [0.25, 0.3) is 0 Å². The summed E-state index contributed by atoms with van der Waals surface area (Å²) in [6, 6.07) is 5.24. The highest BCUT2D eigenvalue weighted by atomic mass is 32.2. The van der Waals surface area contributed by atoms with Gasteiger partial charge in [0.1, 0.15) is 0 Å². The molecule has 3 aromatic rings. The second kappa shape index (κ2) is 8.59. The Kier molecular flexibility index (Phi) is 6.36. The first-order chi connectivity index (χ1) is 13.2. The maximum atomic E-state index is 14.3. The first-order valence-corrected chi connectivity index (χ1v) is 11.0. The van der Waals surface area contributed by atoms with Crippen LogP contribution >= 0.6 is 34.4 Å². The molecule has 3 heterocycles. The van der Waals surface area contributed by atoms with Gasteiger partial charge in [-0.25, -0.2) is 14.8 Å². The van der Waals surface area contributed by atoms with Crippen molar-refractivity contribution in [1.29, 1.82) is 0 Å². The molecule has 0 fully saturated rings. The molecule has 0 aliphatic carbocycles. The van der Waals surface area contributed by atoms with Crippen LogP contribution in [-0.4, -0.2) is 32.6 Å². The van der Waals surface area contributed by atoms with Crippen molar-refractivity contribution in [2.24, 2.45) is 5.41 Å². The predicted octanol–water partition coefficient (Wildman–Crippen LogP) is 6.08. The van der Waals surface area contributed by atoms with Crippen LogP contribution in [0.4, 0.5) is 9.18 Å². The summed E-state index contributed by atoms with van der Waals surface area (Å²) < 4.78 is 16.0. The lowest BCUT2D eigenvalue weighted by Crippen LogP contribution is -2.36. The molecule has 0 radical (unpaired) electrons. The molecule has 0 saturated heterocycles. The van der Waals surface area contributed by atoms with Gasteiger partial charge in [-0.3, -0.25) is 0 Å². The van der Waals surface area contributed by atoms with Crippen molar-refractivity contribution in [3.05, 3.63) is 46.8 Å². The summed E-state index contributed by atoms with van der Waals surface area (Å²) in [4.78, 5) is 22.0. The molecule has 3 aromatic heterocycles. The highest BCUT2D eigenvalue weighted by molar-refractivity contribution is 8.02.